The molecule has 0 bridgehead atoms. The number of amides is 1. The van der Waals surface area contributed by atoms with Crippen molar-refractivity contribution in [1.29, 1.82) is 0 Å². The van der Waals surface area contributed by atoms with Gasteiger partial charge in [-0.05, 0) is 30.7 Å². The molecule has 0 aliphatic carbocycles. The van der Waals surface area contributed by atoms with Crippen LogP contribution in [0.25, 0.3) is 0 Å². The van der Waals surface area contributed by atoms with Crippen molar-refractivity contribution in [1.82, 2.24) is 9.78 Å². The summed E-state index contributed by atoms with van der Waals surface area (Å²) >= 11 is 1.67. The topological polar surface area (TPSA) is 56.2 Å². The zero-order valence-electron chi connectivity index (χ0n) is 13.2. The summed E-state index contributed by atoms with van der Waals surface area (Å²) in [5, 5.41) is 7.34. The van der Waals surface area contributed by atoms with E-state index < -0.39 is 0 Å². The number of hydrogen-bond donors (Lipinski definition) is 1. The van der Waals surface area contributed by atoms with Gasteiger partial charge in [0, 0.05) is 24.3 Å². The van der Waals surface area contributed by atoms with Crippen LogP contribution in [0.4, 0.5) is 5.69 Å². The van der Waals surface area contributed by atoms with Gasteiger partial charge in [-0.1, -0.05) is 19.1 Å². The Hall–Kier alpha value is -1.79. The number of nitrogens with zero attached hydrogens (tertiary/aromatic N) is 2. The number of nitrogens with one attached hydrogen (secondary N) is 1. The van der Waals surface area contributed by atoms with E-state index in [9.17, 15) is 4.79 Å². The molecule has 1 aromatic carbocycles. The van der Waals surface area contributed by atoms with Crippen molar-refractivity contribution in [3.63, 3.8) is 0 Å². The first kappa shape index (κ1) is 16.1. The molecule has 2 heterocycles. The van der Waals surface area contributed by atoms with Crippen LogP contribution in [0, 0.1) is 0 Å². The molecule has 1 saturated heterocycles. The van der Waals surface area contributed by atoms with Gasteiger partial charge in [-0.15, -0.1) is 11.8 Å². The summed E-state index contributed by atoms with van der Waals surface area (Å²) in [6.07, 6.45) is 5.54. The number of benzene rings is 1. The summed E-state index contributed by atoms with van der Waals surface area (Å²) in [6.45, 7) is 3.62. The molecule has 0 atom stereocenters. The zero-order chi connectivity index (χ0) is 16.1. The third-order valence-corrected chi connectivity index (χ3v) is 4.81. The van der Waals surface area contributed by atoms with E-state index in [1.165, 1.54) is 0 Å². The highest BCUT2D eigenvalue weighted by atomic mass is 32.2. The van der Waals surface area contributed by atoms with Gasteiger partial charge in [0.15, 0.2) is 0 Å². The van der Waals surface area contributed by atoms with Gasteiger partial charge in [-0.2, -0.15) is 5.10 Å². The highest BCUT2D eigenvalue weighted by Gasteiger charge is 2.17. The number of hydrogen-bond acceptors (Lipinski definition) is 4. The molecule has 5 nitrogen and oxygen atoms in total. The van der Waals surface area contributed by atoms with Gasteiger partial charge in [0.1, 0.15) is 0 Å². The van der Waals surface area contributed by atoms with Crippen LogP contribution in [0.3, 0.4) is 0 Å². The van der Waals surface area contributed by atoms with Crippen LogP contribution in [0.15, 0.2) is 41.6 Å². The summed E-state index contributed by atoms with van der Waals surface area (Å²) in [4.78, 5) is 13.5. The number of carbonyl (C=O) groups is 1. The molecular weight excluding hydrogens is 310 g/mol. The van der Waals surface area contributed by atoms with Crippen LogP contribution in [0.1, 0.15) is 36.2 Å². The van der Waals surface area contributed by atoms with Crippen molar-refractivity contribution in [2.24, 2.45) is 0 Å². The molecule has 3 rings (SSSR count). The molecule has 0 saturated carbocycles. The highest BCUT2D eigenvalue weighted by molar-refractivity contribution is 7.99. The van der Waals surface area contributed by atoms with Gasteiger partial charge < -0.3 is 10.1 Å². The zero-order valence-corrected chi connectivity index (χ0v) is 14.0. The fraction of sp³-hybridized carbons (Fsp3) is 0.412. The van der Waals surface area contributed by atoms with Crippen molar-refractivity contribution >= 4 is 23.4 Å². The van der Waals surface area contributed by atoms with E-state index in [1.54, 1.807) is 18.0 Å². The molecule has 1 aliphatic rings. The standard InChI is InChI=1S/C17H21N3O2S/c1-2-23-16-6-4-3-5-15(16)17(21)19-13-11-18-20(12-13)14-7-9-22-10-8-14/h3-6,11-12,14H,2,7-10H2,1H3,(H,19,21). The van der Waals surface area contributed by atoms with Crippen molar-refractivity contribution in [2.45, 2.75) is 30.7 Å². The monoisotopic (exact) mass is 331 g/mol. The predicted molar refractivity (Wildman–Crippen MR) is 92.1 cm³/mol. The predicted octanol–water partition coefficient (Wildman–Crippen LogP) is 3.60. The number of carbonyl (C=O) groups excluding carboxylic acids is 1. The first-order chi connectivity index (χ1) is 11.3. The van der Waals surface area contributed by atoms with Gasteiger partial charge in [-0.3, -0.25) is 9.48 Å². The third-order valence-electron chi connectivity index (χ3n) is 3.86. The van der Waals surface area contributed by atoms with Crippen LogP contribution in [0.5, 0.6) is 0 Å². The van der Waals surface area contributed by atoms with Gasteiger partial charge in [0.05, 0.1) is 23.5 Å². The Morgan fingerprint density at radius 2 is 2.17 bits per heavy atom. The van der Waals surface area contributed by atoms with Crippen LogP contribution >= 0.6 is 11.8 Å². The number of ether oxygens (including phenoxy) is 1. The summed E-state index contributed by atoms with van der Waals surface area (Å²) in [7, 11) is 0. The molecule has 1 aromatic heterocycles. The minimum atomic E-state index is -0.0897. The lowest BCUT2D eigenvalue weighted by atomic mass is 10.1. The number of anilines is 1. The Kier molecular flexibility index (Phi) is 5.35. The lowest BCUT2D eigenvalue weighted by molar-refractivity contribution is 0.0662. The summed E-state index contributed by atoms with van der Waals surface area (Å²) < 4.78 is 7.31. The molecule has 1 amide bonds. The van der Waals surface area contributed by atoms with E-state index in [0.717, 1.165) is 42.4 Å². The minimum absolute atomic E-state index is 0.0897. The first-order valence-corrected chi connectivity index (χ1v) is 8.91. The Balaban J connectivity index is 1.70. The molecule has 0 spiro atoms. The molecule has 1 fully saturated rings. The van der Waals surface area contributed by atoms with Crippen molar-refractivity contribution in [3.05, 3.63) is 42.2 Å². The van der Waals surface area contributed by atoms with Crippen LogP contribution in [-0.4, -0.2) is 34.7 Å². The van der Waals surface area contributed by atoms with E-state index >= 15 is 0 Å². The lowest BCUT2D eigenvalue weighted by Crippen LogP contribution is -2.19. The normalized spacial score (nSPS) is 15.5. The first-order valence-electron chi connectivity index (χ1n) is 7.93. The largest absolute Gasteiger partial charge is 0.381 e. The maximum absolute atomic E-state index is 12.5. The fourth-order valence-corrected chi connectivity index (χ4v) is 3.49. The average molecular weight is 331 g/mol. The van der Waals surface area contributed by atoms with Crippen molar-refractivity contribution in [3.8, 4) is 0 Å². The summed E-state index contributed by atoms with van der Waals surface area (Å²) in [6, 6.07) is 8.04. The van der Waals surface area contributed by atoms with Crippen LogP contribution in [-0.2, 0) is 4.74 Å². The molecule has 23 heavy (non-hydrogen) atoms. The van der Waals surface area contributed by atoms with E-state index in [0.29, 0.717) is 11.6 Å². The second kappa shape index (κ2) is 7.66. The number of rotatable bonds is 5. The number of thioether (sulfide) groups is 1. The molecule has 1 N–H and O–H groups in total. The van der Waals surface area contributed by atoms with Crippen LogP contribution in [0.2, 0.25) is 0 Å². The summed E-state index contributed by atoms with van der Waals surface area (Å²) in [5.74, 6) is 0.847. The fourth-order valence-electron chi connectivity index (χ4n) is 2.69. The van der Waals surface area contributed by atoms with Crippen molar-refractivity contribution in [2.75, 3.05) is 24.3 Å². The Morgan fingerprint density at radius 3 is 2.96 bits per heavy atom. The van der Waals surface area contributed by atoms with Crippen molar-refractivity contribution < 1.29 is 9.53 Å². The van der Waals surface area contributed by atoms with Crippen LogP contribution < -0.4 is 5.32 Å². The molecular formula is C17H21N3O2S. The van der Waals surface area contributed by atoms with Gasteiger partial charge >= 0.3 is 0 Å². The quantitative estimate of drug-likeness (QED) is 0.851. The molecule has 0 radical (unpaired) electrons. The molecule has 6 heteroatoms. The smallest absolute Gasteiger partial charge is 0.256 e. The Morgan fingerprint density at radius 1 is 1.39 bits per heavy atom. The number of aromatic nitrogens is 2. The Labute approximate surface area is 140 Å². The second-order valence-corrected chi connectivity index (χ2v) is 6.74. The average Bonchev–Trinajstić information content (AvgIpc) is 3.05. The second-order valence-electron chi connectivity index (χ2n) is 5.44. The molecule has 122 valence electrons. The molecule has 1 aliphatic heterocycles. The van der Waals surface area contributed by atoms with Gasteiger partial charge in [0.25, 0.3) is 5.91 Å². The maximum atomic E-state index is 12.5. The summed E-state index contributed by atoms with van der Waals surface area (Å²) in [5.41, 5.74) is 1.44. The SMILES string of the molecule is CCSc1ccccc1C(=O)Nc1cnn(C2CCOCC2)c1. The van der Waals surface area contributed by atoms with E-state index in [4.69, 9.17) is 4.74 Å². The van der Waals surface area contributed by atoms with E-state index in [1.807, 2.05) is 35.1 Å². The third kappa shape index (κ3) is 3.95. The lowest BCUT2D eigenvalue weighted by Gasteiger charge is -2.22. The van der Waals surface area contributed by atoms with Gasteiger partial charge in [-0.25, -0.2) is 0 Å². The minimum Gasteiger partial charge on any atom is -0.381 e. The Bertz CT molecular complexity index is 665. The van der Waals surface area contributed by atoms with Gasteiger partial charge in [0.2, 0.25) is 0 Å². The van der Waals surface area contributed by atoms with E-state index in [2.05, 4.69) is 17.3 Å². The highest BCUT2D eigenvalue weighted by Crippen LogP contribution is 2.24. The maximum Gasteiger partial charge on any atom is 0.256 e. The molecule has 0 unspecified atom stereocenters. The molecule has 2 aromatic rings. The van der Waals surface area contributed by atoms with E-state index in [-0.39, 0.29) is 5.91 Å².